The summed E-state index contributed by atoms with van der Waals surface area (Å²) in [7, 11) is 0. The average Bonchev–Trinajstić information content (AvgIpc) is 2.45. The van der Waals surface area contributed by atoms with Gasteiger partial charge in [-0.3, -0.25) is 0 Å². The van der Waals surface area contributed by atoms with E-state index in [1.807, 2.05) is 0 Å². The minimum Gasteiger partial charge on any atom is -0.374 e. The van der Waals surface area contributed by atoms with Gasteiger partial charge >= 0.3 is 0 Å². The molecule has 0 radical (unpaired) electrons. The summed E-state index contributed by atoms with van der Waals surface area (Å²) < 4.78 is 19.8. The average molecular weight is 344 g/mol. The molecule has 1 aromatic carbocycles. The molecule has 20 heavy (non-hydrogen) atoms. The third-order valence-electron chi connectivity index (χ3n) is 3.85. The van der Waals surface area contributed by atoms with Crippen LogP contribution in [0, 0.1) is 5.82 Å². The smallest absolute Gasteiger partial charge is 0.124 e. The summed E-state index contributed by atoms with van der Waals surface area (Å²) in [4.78, 5) is 0. The van der Waals surface area contributed by atoms with Crippen LogP contribution in [0.1, 0.15) is 44.6 Å². The van der Waals surface area contributed by atoms with Crippen molar-refractivity contribution in [1.82, 2.24) is 5.32 Å². The first-order valence-electron chi connectivity index (χ1n) is 7.48. The van der Waals surface area contributed by atoms with Crippen LogP contribution in [0.5, 0.6) is 0 Å². The summed E-state index contributed by atoms with van der Waals surface area (Å²) >= 11 is 3.38. The van der Waals surface area contributed by atoms with Crippen molar-refractivity contribution < 1.29 is 9.13 Å². The Labute approximate surface area is 129 Å². The minimum absolute atomic E-state index is 0.219. The Morgan fingerprint density at radius 1 is 1.30 bits per heavy atom. The van der Waals surface area contributed by atoms with Crippen molar-refractivity contribution in [2.75, 3.05) is 6.54 Å². The van der Waals surface area contributed by atoms with Crippen LogP contribution in [0.4, 0.5) is 4.39 Å². The molecule has 2 rings (SSSR count). The number of nitrogens with one attached hydrogen (secondary N) is 1. The number of benzene rings is 1. The summed E-state index contributed by atoms with van der Waals surface area (Å²) in [5.74, 6) is -0.219. The second kappa shape index (κ2) is 8.11. The topological polar surface area (TPSA) is 21.3 Å². The van der Waals surface area contributed by atoms with Crippen molar-refractivity contribution in [3.63, 3.8) is 0 Å². The van der Waals surface area contributed by atoms with Crippen LogP contribution in [-0.2, 0) is 11.3 Å². The summed E-state index contributed by atoms with van der Waals surface area (Å²) in [6.45, 7) is 3.86. The van der Waals surface area contributed by atoms with E-state index < -0.39 is 0 Å². The van der Waals surface area contributed by atoms with E-state index in [0.717, 1.165) is 29.4 Å². The normalized spacial score (nSPS) is 22.9. The van der Waals surface area contributed by atoms with Crippen molar-refractivity contribution in [3.05, 3.63) is 34.1 Å². The molecule has 0 unspecified atom stereocenters. The van der Waals surface area contributed by atoms with E-state index in [2.05, 4.69) is 28.2 Å². The Morgan fingerprint density at radius 2 is 2.05 bits per heavy atom. The number of ether oxygens (including phenoxy) is 1. The molecule has 1 saturated carbocycles. The SMILES string of the molecule is CCCNC1CCC(OCc2ccc(F)cc2Br)CC1. The first-order valence-corrected chi connectivity index (χ1v) is 8.27. The van der Waals surface area contributed by atoms with Gasteiger partial charge in [0.2, 0.25) is 0 Å². The Kier molecular flexibility index (Phi) is 6.46. The van der Waals surface area contributed by atoms with E-state index in [0.29, 0.717) is 18.8 Å². The fourth-order valence-electron chi connectivity index (χ4n) is 2.63. The van der Waals surface area contributed by atoms with Gasteiger partial charge in [-0.15, -0.1) is 0 Å². The molecule has 0 amide bonds. The van der Waals surface area contributed by atoms with Gasteiger partial charge in [0.1, 0.15) is 5.82 Å². The van der Waals surface area contributed by atoms with Gasteiger partial charge in [0.25, 0.3) is 0 Å². The third kappa shape index (κ3) is 4.83. The van der Waals surface area contributed by atoms with Gasteiger partial charge in [0, 0.05) is 10.5 Å². The molecule has 2 nitrogen and oxygen atoms in total. The number of hydrogen-bond donors (Lipinski definition) is 1. The zero-order valence-corrected chi connectivity index (χ0v) is 13.6. The van der Waals surface area contributed by atoms with Crippen molar-refractivity contribution >= 4 is 15.9 Å². The lowest BCUT2D eigenvalue weighted by Crippen LogP contribution is -2.35. The first kappa shape index (κ1) is 15.9. The summed E-state index contributed by atoms with van der Waals surface area (Å²) in [5, 5.41) is 3.58. The molecule has 0 atom stereocenters. The van der Waals surface area contributed by atoms with Crippen LogP contribution in [0.2, 0.25) is 0 Å². The third-order valence-corrected chi connectivity index (χ3v) is 4.59. The highest BCUT2D eigenvalue weighted by molar-refractivity contribution is 9.10. The molecular weight excluding hydrogens is 321 g/mol. The highest BCUT2D eigenvalue weighted by Crippen LogP contribution is 2.24. The molecule has 0 saturated heterocycles. The van der Waals surface area contributed by atoms with E-state index >= 15 is 0 Å². The van der Waals surface area contributed by atoms with Crippen LogP contribution in [0.25, 0.3) is 0 Å². The standard InChI is InChI=1S/C16H23BrFNO/c1-2-9-19-14-5-7-15(8-6-14)20-11-12-3-4-13(18)10-16(12)17/h3-4,10,14-15,19H,2,5-9,11H2,1H3. The highest BCUT2D eigenvalue weighted by Gasteiger charge is 2.21. The lowest BCUT2D eigenvalue weighted by atomic mass is 9.93. The molecule has 0 bridgehead atoms. The zero-order chi connectivity index (χ0) is 14.4. The van der Waals surface area contributed by atoms with E-state index in [1.54, 1.807) is 6.07 Å². The van der Waals surface area contributed by atoms with Gasteiger partial charge in [-0.1, -0.05) is 28.9 Å². The van der Waals surface area contributed by atoms with Gasteiger partial charge < -0.3 is 10.1 Å². The molecular formula is C16H23BrFNO. The van der Waals surface area contributed by atoms with Crippen molar-refractivity contribution in [1.29, 1.82) is 0 Å². The predicted octanol–water partition coefficient (Wildman–Crippen LogP) is 4.42. The quantitative estimate of drug-likeness (QED) is 0.825. The summed E-state index contributed by atoms with van der Waals surface area (Å²) in [6, 6.07) is 5.42. The maximum atomic E-state index is 13.0. The number of halogens is 2. The Balaban J connectivity index is 1.73. The first-order chi connectivity index (χ1) is 9.69. The van der Waals surface area contributed by atoms with E-state index in [-0.39, 0.29) is 5.82 Å². The second-order valence-corrected chi connectivity index (χ2v) is 6.33. The van der Waals surface area contributed by atoms with Gasteiger partial charge in [0.05, 0.1) is 12.7 Å². The molecule has 0 spiro atoms. The lowest BCUT2D eigenvalue weighted by molar-refractivity contribution is 0.0111. The maximum Gasteiger partial charge on any atom is 0.124 e. The molecule has 1 aromatic rings. The molecule has 112 valence electrons. The van der Waals surface area contributed by atoms with Gasteiger partial charge in [-0.2, -0.15) is 0 Å². The van der Waals surface area contributed by atoms with Gasteiger partial charge in [-0.05, 0) is 56.3 Å². The van der Waals surface area contributed by atoms with Crippen LogP contribution in [0.3, 0.4) is 0 Å². The fraction of sp³-hybridized carbons (Fsp3) is 0.625. The van der Waals surface area contributed by atoms with Crippen molar-refractivity contribution in [2.45, 2.75) is 57.8 Å². The fourth-order valence-corrected chi connectivity index (χ4v) is 3.09. The largest absolute Gasteiger partial charge is 0.374 e. The van der Waals surface area contributed by atoms with E-state index in [9.17, 15) is 4.39 Å². The van der Waals surface area contributed by atoms with Crippen LogP contribution in [0.15, 0.2) is 22.7 Å². The lowest BCUT2D eigenvalue weighted by Gasteiger charge is -2.29. The van der Waals surface area contributed by atoms with E-state index in [4.69, 9.17) is 4.74 Å². The zero-order valence-electron chi connectivity index (χ0n) is 12.0. The molecule has 1 aliphatic rings. The Bertz CT molecular complexity index is 419. The van der Waals surface area contributed by atoms with Crippen LogP contribution < -0.4 is 5.32 Å². The van der Waals surface area contributed by atoms with Crippen LogP contribution in [-0.4, -0.2) is 18.7 Å². The van der Waals surface area contributed by atoms with Crippen molar-refractivity contribution in [2.24, 2.45) is 0 Å². The Morgan fingerprint density at radius 3 is 2.70 bits per heavy atom. The van der Waals surface area contributed by atoms with Gasteiger partial charge in [-0.25, -0.2) is 4.39 Å². The molecule has 0 aromatic heterocycles. The second-order valence-electron chi connectivity index (χ2n) is 5.47. The molecule has 0 aliphatic heterocycles. The molecule has 1 N–H and O–H groups in total. The van der Waals surface area contributed by atoms with E-state index in [1.165, 1.54) is 31.4 Å². The molecule has 1 fully saturated rings. The highest BCUT2D eigenvalue weighted by atomic mass is 79.9. The maximum absolute atomic E-state index is 13.0. The number of hydrogen-bond acceptors (Lipinski definition) is 2. The Hall–Kier alpha value is -0.450. The predicted molar refractivity (Wildman–Crippen MR) is 83.2 cm³/mol. The summed E-state index contributed by atoms with van der Waals surface area (Å²) in [6.07, 6.45) is 6.13. The van der Waals surface area contributed by atoms with Crippen LogP contribution >= 0.6 is 15.9 Å². The van der Waals surface area contributed by atoms with Gasteiger partial charge in [0.15, 0.2) is 0 Å². The number of rotatable bonds is 6. The van der Waals surface area contributed by atoms with Crippen molar-refractivity contribution in [3.8, 4) is 0 Å². The monoisotopic (exact) mass is 343 g/mol. The summed E-state index contributed by atoms with van der Waals surface area (Å²) in [5.41, 5.74) is 1.01. The minimum atomic E-state index is -0.219. The molecule has 0 heterocycles. The molecule has 4 heteroatoms. The molecule has 1 aliphatic carbocycles.